The third kappa shape index (κ3) is 6.63. The molecule has 0 saturated heterocycles. The van der Waals surface area contributed by atoms with Crippen molar-refractivity contribution in [2.24, 2.45) is 5.92 Å². The fourth-order valence-corrected chi connectivity index (χ4v) is 2.16. The molecule has 1 heteroatoms. The van der Waals surface area contributed by atoms with Crippen molar-refractivity contribution in [3.05, 3.63) is 0 Å². The molecule has 0 unspecified atom stereocenters. The van der Waals surface area contributed by atoms with Gasteiger partial charge in [-0.2, -0.15) is 0 Å². The van der Waals surface area contributed by atoms with Gasteiger partial charge in [0, 0.05) is 6.57 Å². The summed E-state index contributed by atoms with van der Waals surface area (Å²) in [6, 6.07) is 0. The van der Waals surface area contributed by atoms with Crippen molar-refractivity contribution in [1.82, 2.24) is 0 Å². The molecule has 13 heavy (non-hydrogen) atoms. The standard InChI is InChI=1S/C11H22.CHN/c1-2-3-5-8-11-9-6-4-7-10-11;1-2/h11H,2-10H2,1H3;1H. The highest BCUT2D eigenvalue weighted by atomic mass is 14.2. The zero-order valence-corrected chi connectivity index (χ0v) is 8.97. The predicted molar refractivity (Wildman–Crippen MR) is 57.4 cm³/mol. The maximum Gasteiger partial charge on any atom is 0.0462 e. The maximum absolute atomic E-state index is 6.50. The highest BCUT2D eigenvalue weighted by Crippen LogP contribution is 2.27. The molecule has 1 aliphatic rings. The van der Waals surface area contributed by atoms with Crippen molar-refractivity contribution in [3.8, 4) is 6.57 Å². The van der Waals surface area contributed by atoms with Gasteiger partial charge in [0.1, 0.15) is 0 Å². The summed E-state index contributed by atoms with van der Waals surface area (Å²) in [7, 11) is 0. The minimum atomic E-state index is 1.11. The highest BCUT2D eigenvalue weighted by Gasteiger charge is 2.11. The smallest absolute Gasteiger partial charge is 0.0462 e. The van der Waals surface area contributed by atoms with Crippen LogP contribution in [0.4, 0.5) is 0 Å². The van der Waals surface area contributed by atoms with E-state index in [1.165, 1.54) is 57.8 Å². The van der Waals surface area contributed by atoms with E-state index in [-0.39, 0.29) is 0 Å². The first-order valence-corrected chi connectivity index (χ1v) is 5.69. The molecule has 0 aromatic carbocycles. The van der Waals surface area contributed by atoms with Crippen LogP contribution in [0.25, 0.3) is 0 Å². The minimum Gasteiger partial charge on any atom is -0.202 e. The zero-order valence-electron chi connectivity index (χ0n) is 8.97. The zero-order chi connectivity index (χ0) is 9.94. The lowest BCUT2D eigenvalue weighted by atomic mass is 9.86. The van der Waals surface area contributed by atoms with Gasteiger partial charge < -0.3 is 0 Å². The van der Waals surface area contributed by atoms with Crippen molar-refractivity contribution in [2.45, 2.75) is 64.7 Å². The van der Waals surface area contributed by atoms with Gasteiger partial charge in [-0.25, -0.2) is 5.26 Å². The van der Waals surface area contributed by atoms with Crippen LogP contribution in [0.2, 0.25) is 0 Å². The van der Waals surface area contributed by atoms with Crippen LogP contribution in [-0.2, 0) is 0 Å². The fourth-order valence-electron chi connectivity index (χ4n) is 2.16. The Kier molecular flexibility index (Phi) is 9.20. The first kappa shape index (κ1) is 12.5. The van der Waals surface area contributed by atoms with Gasteiger partial charge in [0.15, 0.2) is 0 Å². The lowest BCUT2D eigenvalue weighted by Crippen LogP contribution is -2.05. The van der Waals surface area contributed by atoms with Crippen LogP contribution >= 0.6 is 0 Å². The summed E-state index contributed by atoms with van der Waals surface area (Å²) in [5.74, 6) is 1.11. The molecule has 0 atom stereocenters. The third-order valence-corrected chi connectivity index (χ3v) is 2.94. The quantitative estimate of drug-likeness (QED) is 0.594. The van der Waals surface area contributed by atoms with E-state index >= 15 is 0 Å². The number of hydrogen-bond donors (Lipinski definition) is 0. The molecule has 0 bridgehead atoms. The van der Waals surface area contributed by atoms with Crippen LogP contribution < -0.4 is 0 Å². The summed E-state index contributed by atoms with van der Waals surface area (Å²) in [6.45, 7) is 5.79. The Morgan fingerprint density at radius 2 is 1.69 bits per heavy atom. The van der Waals surface area contributed by atoms with Gasteiger partial charge in [-0.05, 0) is 5.92 Å². The van der Waals surface area contributed by atoms with Crippen LogP contribution in [0.3, 0.4) is 0 Å². The van der Waals surface area contributed by atoms with E-state index in [0.717, 1.165) is 5.92 Å². The molecule has 0 aliphatic heterocycles. The molecule has 1 nitrogen and oxygen atoms in total. The summed E-state index contributed by atoms with van der Waals surface area (Å²) >= 11 is 0. The molecule has 1 rings (SSSR count). The first-order chi connectivity index (χ1) is 6.43. The van der Waals surface area contributed by atoms with Gasteiger partial charge in [-0.1, -0.05) is 64.7 Å². The number of rotatable bonds is 4. The minimum absolute atomic E-state index is 1.11. The SMILES string of the molecule is C#N.CCCCCC1CCCCC1. The molecule has 0 spiro atoms. The van der Waals surface area contributed by atoms with Gasteiger partial charge in [0.05, 0.1) is 0 Å². The van der Waals surface area contributed by atoms with Gasteiger partial charge in [0.25, 0.3) is 0 Å². The molecule has 0 amide bonds. The Morgan fingerprint density at radius 3 is 2.23 bits per heavy atom. The van der Waals surface area contributed by atoms with Gasteiger partial charge in [-0.3, -0.25) is 0 Å². The summed E-state index contributed by atoms with van der Waals surface area (Å²) < 4.78 is 0. The van der Waals surface area contributed by atoms with Crippen molar-refractivity contribution < 1.29 is 0 Å². The van der Waals surface area contributed by atoms with Gasteiger partial charge in [0.2, 0.25) is 0 Å². The molecule has 0 radical (unpaired) electrons. The average Bonchev–Trinajstić information content (AvgIpc) is 2.23. The van der Waals surface area contributed by atoms with Crippen LogP contribution in [0, 0.1) is 17.8 Å². The van der Waals surface area contributed by atoms with Gasteiger partial charge >= 0.3 is 0 Å². The second-order valence-corrected chi connectivity index (χ2v) is 4.00. The van der Waals surface area contributed by atoms with Gasteiger partial charge in [-0.15, -0.1) is 0 Å². The Morgan fingerprint density at radius 1 is 1.08 bits per heavy atom. The maximum atomic E-state index is 6.50. The molecule has 0 heterocycles. The van der Waals surface area contributed by atoms with E-state index in [1.54, 1.807) is 0 Å². The highest BCUT2D eigenvalue weighted by molar-refractivity contribution is 4.65. The Balaban J connectivity index is 0.000000671. The Hall–Kier alpha value is -0.510. The number of unbranched alkanes of at least 4 members (excludes halogenated alkanes) is 2. The molecular weight excluding hydrogens is 158 g/mol. The van der Waals surface area contributed by atoms with E-state index < -0.39 is 0 Å². The molecule has 0 aromatic rings. The van der Waals surface area contributed by atoms with E-state index in [9.17, 15) is 0 Å². The average molecular weight is 181 g/mol. The summed E-state index contributed by atoms with van der Waals surface area (Å²) in [5, 5.41) is 6.50. The molecule has 1 aliphatic carbocycles. The fraction of sp³-hybridized carbons (Fsp3) is 0.917. The first-order valence-electron chi connectivity index (χ1n) is 5.69. The molecule has 76 valence electrons. The predicted octanol–water partition coefficient (Wildman–Crippen LogP) is 4.29. The Bertz CT molecular complexity index is 112. The van der Waals surface area contributed by atoms with Crippen molar-refractivity contribution in [2.75, 3.05) is 0 Å². The lowest BCUT2D eigenvalue weighted by Gasteiger charge is -2.20. The van der Waals surface area contributed by atoms with Crippen molar-refractivity contribution >= 4 is 0 Å². The molecule has 1 fully saturated rings. The van der Waals surface area contributed by atoms with Crippen LogP contribution in [-0.4, -0.2) is 0 Å². The van der Waals surface area contributed by atoms with Crippen LogP contribution in [0.5, 0.6) is 0 Å². The van der Waals surface area contributed by atoms with E-state index in [2.05, 4.69) is 13.5 Å². The summed E-state index contributed by atoms with van der Waals surface area (Å²) in [5.41, 5.74) is 0. The monoisotopic (exact) mass is 181 g/mol. The molecule has 0 aromatic heterocycles. The van der Waals surface area contributed by atoms with Crippen molar-refractivity contribution in [3.63, 3.8) is 0 Å². The second kappa shape index (κ2) is 9.58. The van der Waals surface area contributed by atoms with Crippen molar-refractivity contribution in [1.29, 1.82) is 5.26 Å². The molecular formula is C12H23N. The Labute approximate surface area is 83.1 Å². The topological polar surface area (TPSA) is 23.8 Å². The number of hydrogen-bond acceptors (Lipinski definition) is 1. The summed E-state index contributed by atoms with van der Waals surface area (Å²) in [6.07, 6.45) is 13.4. The van der Waals surface area contributed by atoms with Crippen LogP contribution in [0.1, 0.15) is 64.7 Å². The number of nitriles is 1. The molecule has 1 saturated carbocycles. The second-order valence-electron chi connectivity index (χ2n) is 4.00. The van der Waals surface area contributed by atoms with E-state index in [4.69, 9.17) is 5.26 Å². The van der Waals surface area contributed by atoms with Crippen LogP contribution in [0.15, 0.2) is 0 Å². The summed E-state index contributed by atoms with van der Waals surface area (Å²) in [4.78, 5) is 0. The largest absolute Gasteiger partial charge is 0.202 e. The lowest BCUT2D eigenvalue weighted by molar-refractivity contribution is 0.329. The number of nitrogens with zero attached hydrogens (tertiary/aromatic N) is 1. The van der Waals surface area contributed by atoms with E-state index in [0.29, 0.717) is 0 Å². The third-order valence-electron chi connectivity index (χ3n) is 2.94. The normalized spacial score (nSPS) is 17.5. The molecule has 0 N–H and O–H groups in total. The van der Waals surface area contributed by atoms with E-state index in [1.807, 2.05) is 0 Å².